The molecular formula is C7H5ClFO2. The molecule has 0 atom stereocenters. The number of phenolic OH excluding ortho intramolecular Hbond substituents is 1. The van der Waals surface area contributed by atoms with Crippen LogP contribution in [0.3, 0.4) is 0 Å². The number of rotatable bonds is 1. The molecule has 0 aliphatic heterocycles. The molecule has 11 heavy (non-hydrogen) atoms. The summed E-state index contributed by atoms with van der Waals surface area (Å²) in [6.07, 6.45) is 0. The first kappa shape index (κ1) is 8.14. The minimum Gasteiger partial charge on any atom is -0.506 e. The van der Waals surface area contributed by atoms with Gasteiger partial charge in [0.15, 0.2) is 11.6 Å². The van der Waals surface area contributed by atoms with Crippen LogP contribution >= 0.6 is 11.6 Å². The van der Waals surface area contributed by atoms with E-state index in [-0.39, 0.29) is 16.5 Å². The van der Waals surface area contributed by atoms with Crippen LogP contribution in [-0.2, 0) is 0 Å². The molecule has 0 aliphatic carbocycles. The summed E-state index contributed by atoms with van der Waals surface area (Å²) in [6, 6.07) is 3.17. The number of methoxy groups -OCH3 is 1. The zero-order chi connectivity index (χ0) is 8.43. The van der Waals surface area contributed by atoms with Gasteiger partial charge in [-0.2, -0.15) is 0 Å². The van der Waals surface area contributed by atoms with E-state index >= 15 is 0 Å². The Bertz CT molecular complexity index is 275. The number of halogens is 2. The number of aromatic hydroxyl groups is 1. The average molecular weight is 176 g/mol. The number of benzene rings is 1. The van der Waals surface area contributed by atoms with Crippen LogP contribution in [0.2, 0.25) is 5.02 Å². The third-order valence-electron chi connectivity index (χ3n) is 1.15. The van der Waals surface area contributed by atoms with Gasteiger partial charge in [0.2, 0.25) is 0 Å². The maximum absolute atomic E-state index is 12.7. The van der Waals surface area contributed by atoms with E-state index in [4.69, 9.17) is 16.7 Å². The Labute approximate surface area is 68.2 Å². The molecule has 0 saturated heterocycles. The third-order valence-corrected chi connectivity index (χ3v) is 1.44. The van der Waals surface area contributed by atoms with E-state index in [0.29, 0.717) is 0 Å². The lowest BCUT2D eigenvalue weighted by atomic mass is 10.3. The smallest absolute Gasteiger partial charge is 0.174 e. The Morgan fingerprint density at radius 3 is 2.91 bits per heavy atom. The summed E-state index contributed by atoms with van der Waals surface area (Å²) in [5.41, 5.74) is 0. The molecule has 1 aromatic rings. The lowest BCUT2D eigenvalue weighted by Gasteiger charge is -2.02. The Morgan fingerprint density at radius 1 is 1.73 bits per heavy atom. The topological polar surface area (TPSA) is 29.5 Å². The lowest BCUT2D eigenvalue weighted by Crippen LogP contribution is -1.87. The van der Waals surface area contributed by atoms with E-state index in [1.165, 1.54) is 7.11 Å². The van der Waals surface area contributed by atoms with Gasteiger partial charge in [0.05, 0.1) is 12.1 Å². The van der Waals surface area contributed by atoms with Crippen LogP contribution in [0.25, 0.3) is 0 Å². The first-order valence-electron chi connectivity index (χ1n) is 2.79. The van der Waals surface area contributed by atoms with Crippen molar-refractivity contribution >= 4 is 11.6 Å². The van der Waals surface area contributed by atoms with Crippen molar-refractivity contribution in [3.63, 3.8) is 0 Å². The van der Waals surface area contributed by atoms with Gasteiger partial charge in [-0.1, -0.05) is 11.6 Å². The molecule has 2 nitrogen and oxygen atoms in total. The van der Waals surface area contributed by atoms with Gasteiger partial charge in [-0.3, -0.25) is 0 Å². The van der Waals surface area contributed by atoms with Gasteiger partial charge in [-0.25, -0.2) is 4.39 Å². The standard InChI is InChI=1S/C7H5ClFO2/c1-11-7-3-6(10)4(8)2-5(7)9/h3,10H,1H3. The number of hydrogen-bond donors (Lipinski definition) is 1. The zero-order valence-electron chi connectivity index (χ0n) is 5.69. The predicted molar refractivity (Wildman–Crippen MR) is 38.5 cm³/mol. The minimum atomic E-state index is -0.713. The largest absolute Gasteiger partial charge is 0.506 e. The van der Waals surface area contributed by atoms with E-state index in [2.05, 4.69) is 10.8 Å². The normalized spacial score (nSPS) is 9.73. The lowest BCUT2D eigenvalue weighted by molar-refractivity contribution is 0.380. The molecule has 0 spiro atoms. The van der Waals surface area contributed by atoms with Crippen LogP contribution in [-0.4, -0.2) is 12.2 Å². The van der Waals surface area contributed by atoms with Gasteiger partial charge in [-0.05, 0) is 0 Å². The Morgan fingerprint density at radius 2 is 2.36 bits per heavy atom. The summed E-state index contributed by atoms with van der Waals surface area (Å²) >= 11 is 5.34. The third kappa shape index (κ3) is 1.54. The van der Waals surface area contributed by atoms with E-state index in [9.17, 15) is 4.39 Å². The highest BCUT2D eigenvalue weighted by molar-refractivity contribution is 6.31. The zero-order valence-corrected chi connectivity index (χ0v) is 6.44. The van der Waals surface area contributed by atoms with E-state index in [0.717, 1.165) is 6.07 Å². The van der Waals surface area contributed by atoms with Gasteiger partial charge in [-0.15, -0.1) is 0 Å². The Hall–Kier alpha value is -0.960. The van der Waals surface area contributed by atoms with Crippen LogP contribution in [0.15, 0.2) is 6.07 Å². The molecule has 0 amide bonds. The van der Waals surface area contributed by atoms with Gasteiger partial charge in [0.25, 0.3) is 0 Å². The molecule has 0 aliphatic rings. The van der Waals surface area contributed by atoms with Gasteiger partial charge in [0.1, 0.15) is 5.75 Å². The molecule has 59 valence electrons. The molecule has 1 rings (SSSR count). The van der Waals surface area contributed by atoms with E-state index < -0.39 is 5.82 Å². The van der Waals surface area contributed by atoms with E-state index in [1.54, 1.807) is 0 Å². The Balaban J connectivity index is 3.21. The van der Waals surface area contributed by atoms with Crippen LogP contribution in [0.5, 0.6) is 11.5 Å². The fourth-order valence-electron chi connectivity index (χ4n) is 0.621. The van der Waals surface area contributed by atoms with Crippen LogP contribution in [0, 0.1) is 11.9 Å². The van der Waals surface area contributed by atoms with Crippen LogP contribution < -0.4 is 4.74 Å². The van der Waals surface area contributed by atoms with Crippen molar-refractivity contribution in [3.8, 4) is 11.5 Å². The first-order chi connectivity index (χ1) is 5.15. The van der Waals surface area contributed by atoms with Crippen molar-refractivity contribution in [3.05, 3.63) is 23.0 Å². The number of phenols is 1. The van der Waals surface area contributed by atoms with Gasteiger partial charge >= 0.3 is 0 Å². The van der Waals surface area contributed by atoms with E-state index in [1.807, 2.05) is 0 Å². The Kier molecular flexibility index (Phi) is 2.19. The highest BCUT2D eigenvalue weighted by atomic mass is 35.5. The summed E-state index contributed by atoms with van der Waals surface area (Å²) < 4.78 is 17.2. The van der Waals surface area contributed by atoms with Crippen LogP contribution in [0.4, 0.5) is 4.39 Å². The molecule has 4 heteroatoms. The van der Waals surface area contributed by atoms with Crippen LogP contribution in [0.1, 0.15) is 0 Å². The SMILES string of the molecule is COc1cc(O)c(Cl)[c]c1F. The summed E-state index contributed by atoms with van der Waals surface area (Å²) in [7, 11) is 1.29. The monoisotopic (exact) mass is 175 g/mol. The van der Waals surface area contributed by atoms with Crippen molar-refractivity contribution in [2.45, 2.75) is 0 Å². The molecular weight excluding hydrogens is 171 g/mol. The van der Waals surface area contributed by atoms with Gasteiger partial charge < -0.3 is 9.84 Å². The summed E-state index contributed by atoms with van der Waals surface area (Å²) in [4.78, 5) is 0. The fraction of sp³-hybridized carbons (Fsp3) is 0.143. The summed E-state index contributed by atoms with van der Waals surface area (Å²) in [5, 5.41) is 8.80. The predicted octanol–water partition coefficient (Wildman–Crippen LogP) is 1.99. The van der Waals surface area contributed by atoms with Crippen molar-refractivity contribution in [1.82, 2.24) is 0 Å². The molecule has 1 aromatic carbocycles. The summed E-state index contributed by atoms with van der Waals surface area (Å²) in [6.45, 7) is 0. The molecule has 0 bridgehead atoms. The second kappa shape index (κ2) is 2.96. The maximum Gasteiger partial charge on any atom is 0.174 e. The number of ether oxygens (including phenoxy) is 1. The second-order valence-corrected chi connectivity index (χ2v) is 2.23. The number of hydrogen-bond acceptors (Lipinski definition) is 2. The minimum absolute atomic E-state index is 0.0769. The summed E-state index contributed by atoms with van der Waals surface area (Å²) in [5.74, 6) is -1.04. The molecule has 1 radical (unpaired) electrons. The van der Waals surface area contributed by atoms with Crippen molar-refractivity contribution in [2.24, 2.45) is 0 Å². The highest BCUT2D eigenvalue weighted by Crippen LogP contribution is 2.29. The fourth-order valence-corrected chi connectivity index (χ4v) is 0.759. The van der Waals surface area contributed by atoms with Crippen molar-refractivity contribution in [1.29, 1.82) is 0 Å². The van der Waals surface area contributed by atoms with Gasteiger partial charge in [0, 0.05) is 12.1 Å². The van der Waals surface area contributed by atoms with Crippen molar-refractivity contribution < 1.29 is 14.2 Å². The average Bonchev–Trinajstić information content (AvgIpc) is 1.97. The quantitative estimate of drug-likeness (QED) is 0.708. The highest BCUT2D eigenvalue weighted by Gasteiger charge is 2.07. The second-order valence-electron chi connectivity index (χ2n) is 1.85. The molecule has 1 N–H and O–H groups in total. The molecule has 0 fully saturated rings. The molecule has 0 unspecified atom stereocenters. The molecule has 0 heterocycles. The molecule has 0 saturated carbocycles. The molecule has 0 aromatic heterocycles. The first-order valence-corrected chi connectivity index (χ1v) is 3.17. The van der Waals surface area contributed by atoms with Crippen molar-refractivity contribution in [2.75, 3.05) is 7.11 Å². The maximum atomic E-state index is 12.7.